The van der Waals surface area contributed by atoms with Crippen molar-refractivity contribution in [1.82, 2.24) is 10.0 Å². The van der Waals surface area contributed by atoms with Crippen LogP contribution in [0.2, 0.25) is 0 Å². The van der Waals surface area contributed by atoms with Gasteiger partial charge in [-0.15, -0.1) is 0 Å². The van der Waals surface area contributed by atoms with E-state index >= 15 is 0 Å². The second kappa shape index (κ2) is 6.55. The third-order valence-corrected chi connectivity index (χ3v) is 4.93. The number of hydrogen-bond donors (Lipinski definition) is 2. The lowest BCUT2D eigenvalue weighted by Crippen LogP contribution is -2.52. The molecule has 1 rings (SSSR count). The Labute approximate surface area is 118 Å². The van der Waals surface area contributed by atoms with Crippen LogP contribution >= 0.6 is 0 Å². The fourth-order valence-corrected chi connectivity index (χ4v) is 4.00. The number of sulfonamides is 1. The maximum Gasteiger partial charge on any atom is 0.209 e. The molecule has 0 amide bonds. The summed E-state index contributed by atoms with van der Waals surface area (Å²) in [5.41, 5.74) is -0.428. The maximum absolute atomic E-state index is 11.3. The predicted octanol–water partition coefficient (Wildman–Crippen LogP) is 2.12. The summed E-state index contributed by atoms with van der Waals surface area (Å²) in [5.74, 6) is 1.64. The Morgan fingerprint density at radius 3 is 2.11 bits per heavy atom. The van der Waals surface area contributed by atoms with Crippen molar-refractivity contribution in [2.24, 2.45) is 11.8 Å². The van der Waals surface area contributed by atoms with Crippen LogP contribution < -0.4 is 10.0 Å². The minimum Gasteiger partial charge on any atom is -0.312 e. The molecule has 0 bridgehead atoms. The molecule has 0 heterocycles. The van der Waals surface area contributed by atoms with Gasteiger partial charge in [-0.1, -0.05) is 13.8 Å². The fourth-order valence-electron chi connectivity index (χ4n) is 2.93. The molecule has 114 valence electrons. The molecule has 5 heteroatoms. The molecule has 0 unspecified atom stereocenters. The van der Waals surface area contributed by atoms with E-state index in [-0.39, 0.29) is 0 Å². The highest BCUT2D eigenvalue weighted by atomic mass is 32.2. The Morgan fingerprint density at radius 1 is 1.16 bits per heavy atom. The van der Waals surface area contributed by atoms with Gasteiger partial charge in [0.25, 0.3) is 0 Å². The molecule has 19 heavy (non-hydrogen) atoms. The van der Waals surface area contributed by atoms with Gasteiger partial charge in [-0.3, -0.25) is 0 Å². The summed E-state index contributed by atoms with van der Waals surface area (Å²) in [4.78, 5) is 0. The van der Waals surface area contributed by atoms with Crippen molar-refractivity contribution in [1.29, 1.82) is 0 Å². The van der Waals surface area contributed by atoms with E-state index < -0.39 is 15.6 Å². The van der Waals surface area contributed by atoms with Crippen molar-refractivity contribution < 1.29 is 8.42 Å². The van der Waals surface area contributed by atoms with Crippen LogP contribution in [-0.4, -0.2) is 32.8 Å². The molecule has 0 saturated heterocycles. The van der Waals surface area contributed by atoms with E-state index in [1.807, 2.05) is 13.8 Å². The van der Waals surface area contributed by atoms with Crippen LogP contribution in [0.1, 0.15) is 53.4 Å². The van der Waals surface area contributed by atoms with Crippen molar-refractivity contribution in [3.63, 3.8) is 0 Å². The van der Waals surface area contributed by atoms with E-state index in [1.165, 1.54) is 31.9 Å². The van der Waals surface area contributed by atoms with Gasteiger partial charge in [0.05, 0.1) is 6.26 Å². The van der Waals surface area contributed by atoms with Gasteiger partial charge in [0.15, 0.2) is 0 Å². The third-order valence-electron chi connectivity index (χ3n) is 4.01. The highest BCUT2D eigenvalue weighted by Gasteiger charge is 2.26. The van der Waals surface area contributed by atoms with Crippen molar-refractivity contribution in [3.8, 4) is 0 Å². The summed E-state index contributed by atoms with van der Waals surface area (Å²) < 4.78 is 25.2. The Hall–Kier alpha value is -0.130. The molecule has 0 aromatic carbocycles. The van der Waals surface area contributed by atoms with Crippen LogP contribution in [0.4, 0.5) is 0 Å². The first-order chi connectivity index (χ1) is 8.59. The molecule has 0 radical (unpaired) electrons. The van der Waals surface area contributed by atoms with Crippen LogP contribution in [-0.2, 0) is 10.0 Å². The predicted molar refractivity (Wildman–Crippen MR) is 80.6 cm³/mol. The SMILES string of the molecule is CC(C)C1CCC(NCC(C)(C)NS(C)(=O)=O)CC1. The van der Waals surface area contributed by atoms with Crippen molar-refractivity contribution in [2.45, 2.75) is 65.0 Å². The number of hydrogen-bond acceptors (Lipinski definition) is 3. The topological polar surface area (TPSA) is 58.2 Å². The molecular formula is C14H30N2O2S. The van der Waals surface area contributed by atoms with Gasteiger partial charge < -0.3 is 5.32 Å². The van der Waals surface area contributed by atoms with E-state index in [1.54, 1.807) is 0 Å². The van der Waals surface area contributed by atoms with Crippen LogP contribution in [0.15, 0.2) is 0 Å². The Kier molecular flexibility index (Phi) is 5.83. The molecule has 2 N–H and O–H groups in total. The van der Waals surface area contributed by atoms with Gasteiger partial charge in [0.1, 0.15) is 0 Å². The summed E-state index contributed by atoms with van der Waals surface area (Å²) in [6.45, 7) is 9.12. The molecule has 1 saturated carbocycles. The summed E-state index contributed by atoms with van der Waals surface area (Å²) in [5, 5.41) is 3.52. The normalized spacial score (nSPS) is 25.8. The highest BCUT2D eigenvalue weighted by Crippen LogP contribution is 2.29. The summed E-state index contributed by atoms with van der Waals surface area (Å²) in [7, 11) is -3.14. The molecule has 0 aromatic rings. The van der Waals surface area contributed by atoms with E-state index in [2.05, 4.69) is 23.9 Å². The van der Waals surface area contributed by atoms with Crippen molar-refractivity contribution in [2.75, 3.05) is 12.8 Å². The molecule has 1 fully saturated rings. The van der Waals surface area contributed by atoms with Crippen LogP contribution in [0.5, 0.6) is 0 Å². The Morgan fingerprint density at radius 2 is 1.68 bits per heavy atom. The molecule has 0 aliphatic heterocycles. The van der Waals surface area contributed by atoms with Crippen molar-refractivity contribution >= 4 is 10.0 Å². The van der Waals surface area contributed by atoms with Gasteiger partial charge in [0.2, 0.25) is 10.0 Å². The smallest absolute Gasteiger partial charge is 0.209 e. The van der Waals surface area contributed by atoms with E-state index in [0.29, 0.717) is 12.6 Å². The zero-order valence-corrected chi connectivity index (χ0v) is 13.8. The molecular weight excluding hydrogens is 260 g/mol. The molecule has 0 atom stereocenters. The quantitative estimate of drug-likeness (QED) is 0.788. The Bertz CT molecular complexity index is 369. The van der Waals surface area contributed by atoms with Gasteiger partial charge in [-0.25, -0.2) is 13.1 Å². The van der Waals surface area contributed by atoms with Crippen LogP contribution in [0.25, 0.3) is 0 Å². The lowest BCUT2D eigenvalue weighted by Gasteiger charge is -2.34. The molecule has 0 spiro atoms. The minimum atomic E-state index is -3.14. The van der Waals surface area contributed by atoms with E-state index in [4.69, 9.17) is 0 Å². The number of nitrogens with one attached hydrogen (secondary N) is 2. The van der Waals surface area contributed by atoms with Crippen LogP contribution in [0.3, 0.4) is 0 Å². The number of rotatable bonds is 6. The molecule has 4 nitrogen and oxygen atoms in total. The minimum absolute atomic E-state index is 0.428. The zero-order valence-electron chi connectivity index (χ0n) is 13.0. The third kappa shape index (κ3) is 6.72. The van der Waals surface area contributed by atoms with Gasteiger partial charge in [-0.05, 0) is 51.4 Å². The van der Waals surface area contributed by atoms with E-state index in [0.717, 1.165) is 11.8 Å². The van der Waals surface area contributed by atoms with Gasteiger partial charge in [0, 0.05) is 18.1 Å². The highest BCUT2D eigenvalue weighted by molar-refractivity contribution is 7.88. The summed E-state index contributed by atoms with van der Waals surface area (Å²) in [6, 6.07) is 0.538. The second-order valence-corrected chi connectivity index (χ2v) is 8.74. The fraction of sp³-hybridized carbons (Fsp3) is 1.00. The van der Waals surface area contributed by atoms with Crippen LogP contribution in [0, 0.1) is 11.8 Å². The maximum atomic E-state index is 11.3. The Balaban J connectivity index is 2.34. The average Bonchev–Trinajstić information content (AvgIpc) is 2.24. The lowest BCUT2D eigenvalue weighted by molar-refractivity contribution is 0.231. The first kappa shape index (κ1) is 16.9. The standard InChI is InChI=1S/C14H30N2O2S/c1-11(2)12-6-8-13(9-7-12)15-10-14(3,4)16-19(5,17)18/h11-13,15-16H,6-10H2,1-5H3. The largest absolute Gasteiger partial charge is 0.312 e. The summed E-state index contributed by atoms with van der Waals surface area (Å²) >= 11 is 0. The second-order valence-electron chi connectivity index (χ2n) is 6.99. The summed E-state index contributed by atoms with van der Waals surface area (Å²) in [6.07, 6.45) is 6.20. The lowest BCUT2D eigenvalue weighted by atomic mass is 9.79. The van der Waals surface area contributed by atoms with E-state index in [9.17, 15) is 8.42 Å². The monoisotopic (exact) mass is 290 g/mol. The zero-order chi connectivity index (χ0) is 14.7. The van der Waals surface area contributed by atoms with Gasteiger partial charge in [-0.2, -0.15) is 0 Å². The molecule has 1 aliphatic rings. The van der Waals surface area contributed by atoms with Crippen molar-refractivity contribution in [3.05, 3.63) is 0 Å². The first-order valence-corrected chi connectivity index (χ1v) is 9.20. The first-order valence-electron chi connectivity index (χ1n) is 7.31. The average molecular weight is 290 g/mol. The molecule has 0 aromatic heterocycles. The molecule has 1 aliphatic carbocycles. The van der Waals surface area contributed by atoms with Gasteiger partial charge >= 0.3 is 0 Å².